The van der Waals surface area contributed by atoms with Crippen molar-refractivity contribution < 1.29 is 9.15 Å². The molecule has 0 radical (unpaired) electrons. The molecule has 0 N–H and O–H groups in total. The molecule has 0 saturated carbocycles. The Morgan fingerprint density at radius 2 is 1.67 bits per heavy atom. The number of hydrogen-bond donors (Lipinski definition) is 0. The van der Waals surface area contributed by atoms with Gasteiger partial charge in [-0.3, -0.25) is 0 Å². The van der Waals surface area contributed by atoms with Crippen LogP contribution < -0.4 is 10.4 Å². The number of hydrogen-bond acceptors (Lipinski definition) is 3. The third-order valence-corrected chi connectivity index (χ3v) is 2.58. The Kier molecular flexibility index (Phi) is 2.57. The molecule has 0 saturated heterocycles. The molecular formula is C15H10O3. The molecule has 0 unspecified atom stereocenters. The molecule has 3 nitrogen and oxygen atoms in total. The lowest BCUT2D eigenvalue weighted by atomic mass is 10.2. The van der Waals surface area contributed by atoms with Crippen LogP contribution in [0.2, 0.25) is 0 Å². The Hall–Kier alpha value is -2.55. The van der Waals surface area contributed by atoms with Crippen molar-refractivity contribution in [3.63, 3.8) is 0 Å². The van der Waals surface area contributed by atoms with E-state index in [0.29, 0.717) is 17.1 Å². The van der Waals surface area contributed by atoms with Crippen LogP contribution in [0.1, 0.15) is 0 Å². The van der Waals surface area contributed by atoms with Gasteiger partial charge in [0.15, 0.2) is 11.3 Å². The predicted molar refractivity (Wildman–Crippen MR) is 69.0 cm³/mol. The Morgan fingerprint density at radius 1 is 0.833 bits per heavy atom. The molecule has 0 aliphatic rings. The molecular weight excluding hydrogens is 228 g/mol. The molecule has 3 rings (SSSR count). The van der Waals surface area contributed by atoms with Crippen molar-refractivity contribution >= 4 is 11.0 Å². The minimum atomic E-state index is -0.383. The van der Waals surface area contributed by atoms with Crippen molar-refractivity contribution in [1.29, 1.82) is 0 Å². The molecule has 3 aromatic rings. The van der Waals surface area contributed by atoms with Gasteiger partial charge in [-0.2, -0.15) is 0 Å². The van der Waals surface area contributed by atoms with E-state index in [9.17, 15) is 4.79 Å². The highest BCUT2D eigenvalue weighted by molar-refractivity contribution is 5.82. The van der Waals surface area contributed by atoms with Gasteiger partial charge in [-0.05, 0) is 24.3 Å². The Bertz CT molecular complexity index is 729. The highest BCUT2D eigenvalue weighted by atomic mass is 16.5. The van der Waals surface area contributed by atoms with Crippen LogP contribution in [0.15, 0.2) is 69.9 Å². The predicted octanol–water partition coefficient (Wildman–Crippen LogP) is 3.59. The van der Waals surface area contributed by atoms with Crippen molar-refractivity contribution in [2.75, 3.05) is 0 Å². The summed E-state index contributed by atoms with van der Waals surface area (Å²) in [6.45, 7) is 0. The molecule has 0 atom stereocenters. The van der Waals surface area contributed by atoms with Crippen molar-refractivity contribution in [2.45, 2.75) is 0 Å². The molecule has 0 bridgehead atoms. The van der Waals surface area contributed by atoms with Gasteiger partial charge in [0, 0.05) is 11.5 Å². The van der Waals surface area contributed by atoms with Crippen LogP contribution in [0.4, 0.5) is 0 Å². The van der Waals surface area contributed by atoms with Crippen LogP contribution in [-0.4, -0.2) is 0 Å². The first-order valence-corrected chi connectivity index (χ1v) is 5.59. The summed E-state index contributed by atoms with van der Waals surface area (Å²) in [6.07, 6.45) is 0. The molecule has 0 spiro atoms. The van der Waals surface area contributed by atoms with Crippen molar-refractivity contribution in [3.8, 4) is 11.5 Å². The molecule has 0 fully saturated rings. The monoisotopic (exact) mass is 238 g/mol. The van der Waals surface area contributed by atoms with Crippen molar-refractivity contribution in [1.82, 2.24) is 0 Å². The maximum atomic E-state index is 11.3. The zero-order chi connectivity index (χ0) is 12.4. The van der Waals surface area contributed by atoms with E-state index in [1.807, 2.05) is 42.5 Å². The second-order valence-corrected chi connectivity index (χ2v) is 3.84. The lowest BCUT2D eigenvalue weighted by molar-refractivity contribution is 0.465. The second kappa shape index (κ2) is 4.37. The average molecular weight is 238 g/mol. The van der Waals surface area contributed by atoms with Crippen molar-refractivity contribution in [2.24, 2.45) is 0 Å². The fourth-order valence-electron chi connectivity index (χ4n) is 1.76. The number of para-hydroxylation sites is 2. The lowest BCUT2D eigenvalue weighted by Crippen LogP contribution is -1.95. The van der Waals surface area contributed by atoms with E-state index in [1.165, 1.54) is 6.07 Å². The maximum absolute atomic E-state index is 11.3. The fourth-order valence-corrected chi connectivity index (χ4v) is 1.76. The van der Waals surface area contributed by atoms with Gasteiger partial charge in [0.1, 0.15) is 5.75 Å². The summed E-state index contributed by atoms with van der Waals surface area (Å²) in [5.41, 5.74) is 0.0838. The quantitative estimate of drug-likeness (QED) is 0.640. The molecule has 0 aliphatic carbocycles. The minimum absolute atomic E-state index is 0.383. The highest BCUT2D eigenvalue weighted by Gasteiger charge is 2.05. The van der Waals surface area contributed by atoms with E-state index in [4.69, 9.17) is 9.15 Å². The molecule has 2 aromatic carbocycles. The third-order valence-electron chi connectivity index (χ3n) is 2.58. The standard InChI is InChI=1S/C15H10O3/c16-14-10-9-11-5-4-8-13(15(11)18-14)17-12-6-2-1-3-7-12/h1-10H. The topological polar surface area (TPSA) is 39.4 Å². The van der Waals surface area contributed by atoms with Crippen molar-refractivity contribution in [3.05, 3.63) is 71.1 Å². The van der Waals surface area contributed by atoms with Gasteiger partial charge in [0.25, 0.3) is 0 Å². The van der Waals surface area contributed by atoms with Crippen LogP contribution in [-0.2, 0) is 0 Å². The first kappa shape index (κ1) is 10.6. The summed E-state index contributed by atoms with van der Waals surface area (Å²) in [4.78, 5) is 11.3. The van der Waals surface area contributed by atoms with Crippen LogP contribution in [0.3, 0.4) is 0 Å². The summed E-state index contributed by atoms with van der Waals surface area (Å²) < 4.78 is 10.9. The van der Waals surface area contributed by atoms with Gasteiger partial charge in [-0.25, -0.2) is 4.79 Å². The van der Waals surface area contributed by atoms with Crippen LogP contribution >= 0.6 is 0 Å². The van der Waals surface area contributed by atoms with Gasteiger partial charge in [0.05, 0.1) is 0 Å². The summed E-state index contributed by atoms with van der Waals surface area (Å²) in [5.74, 6) is 1.24. The SMILES string of the molecule is O=c1ccc2cccc(Oc3ccccc3)c2o1. The van der Waals surface area contributed by atoms with Gasteiger partial charge >= 0.3 is 5.63 Å². The first-order valence-electron chi connectivity index (χ1n) is 5.59. The molecule has 0 aliphatic heterocycles. The third kappa shape index (κ3) is 1.98. The zero-order valence-corrected chi connectivity index (χ0v) is 9.50. The minimum Gasteiger partial charge on any atom is -0.453 e. The molecule has 88 valence electrons. The number of rotatable bonds is 2. The van der Waals surface area contributed by atoms with E-state index in [2.05, 4.69) is 0 Å². The van der Waals surface area contributed by atoms with E-state index >= 15 is 0 Å². The maximum Gasteiger partial charge on any atom is 0.336 e. The lowest BCUT2D eigenvalue weighted by Gasteiger charge is -2.06. The van der Waals surface area contributed by atoms with Gasteiger partial charge in [0.2, 0.25) is 0 Å². The summed E-state index contributed by atoms with van der Waals surface area (Å²) in [5, 5.41) is 0.836. The fraction of sp³-hybridized carbons (Fsp3) is 0. The van der Waals surface area contributed by atoms with E-state index < -0.39 is 0 Å². The molecule has 1 heterocycles. The zero-order valence-electron chi connectivity index (χ0n) is 9.50. The number of benzene rings is 2. The number of ether oxygens (including phenoxy) is 1. The molecule has 18 heavy (non-hydrogen) atoms. The highest BCUT2D eigenvalue weighted by Crippen LogP contribution is 2.28. The molecule has 3 heteroatoms. The van der Waals surface area contributed by atoms with Crippen LogP contribution in [0.5, 0.6) is 11.5 Å². The molecule has 1 aromatic heterocycles. The van der Waals surface area contributed by atoms with Gasteiger partial charge in [-0.15, -0.1) is 0 Å². The van der Waals surface area contributed by atoms with E-state index in [1.54, 1.807) is 12.1 Å². The summed E-state index contributed by atoms with van der Waals surface area (Å²) in [7, 11) is 0. The van der Waals surface area contributed by atoms with Gasteiger partial charge < -0.3 is 9.15 Å². The smallest absolute Gasteiger partial charge is 0.336 e. The normalized spacial score (nSPS) is 10.4. The number of fused-ring (bicyclic) bond motifs is 1. The van der Waals surface area contributed by atoms with Gasteiger partial charge in [-0.1, -0.05) is 30.3 Å². The first-order chi connectivity index (χ1) is 8.83. The Morgan fingerprint density at radius 3 is 2.50 bits per heavy atom. The molecule has 0 amide bonds. The van der Waals surface area contributed by atoms with Crippen LogP contribution in [0, 0.1) is 0 Å². The average Bonchev–Trinajstić information content (AvgIpc) is 2.41. The Labute approximate surface area is 103 Å². The van der Waals surface area contributed by atoms with E-state index in [-0.39, 0.29) is 5.63 Å². The van der Waals surface area contributed by atoms with E-state index in [0.717, 1.165) is 5.39 Å². The summed E-state index contributed by atoms with van der Waals surface area (Å²) in [6, 6.07) is 18.0. The second-order valence-electron chi connectivity index (χ2n) is 3.84. The van der Waals surface area contributed by atoms with Crippen LogP contribution in [0.25, 0.3) is 11.0 Å². The largest absolute Gasteiger partial charge is 0.453 e. The summed E-state index contributed by atoms with van der Waals surface area (Å²) >= 11 is 0. The Balaban J connectivity index is 2.12.